The molecule has 0 aromatic heterocycles. The van der Waals surface area contributed by atoms with Gasteiger partial charge >= 0.3 is 0 Å². The summed E-state index contributed by atoms with van der Waals surface area (Å²) in [6.45, 7) is 17.6. The Morgan fingerprint density at radius 2 is 1.36 bits per heavy atom. The lowest BCUT2D eigenvalue weighted by Gasteiger charge is -2.21. The average molecular weight is 156 g/mol. The number of hydrogen-bond acceptors (Lipinski definition) is 0. The highest BCUT2D eigenvalue weighted by atomic mass is 14.2. The largest absolute Gasteiger partial charge is 0.106 e. The highest BCUT2D eigenvalue weighted by Crippen LogP contribution is 2.21. The third-order valence-corrected chi connectivity index (χ3v) is 2.59. The first kappa shape index (κ1) is 13.3. The van der Waals surface area contributed by atoms with Gasteiger partial charge in [0, 0.05) is 0 Å². The molecule has 2 atom stereocenters. The van der Waals surface area contributed by atoms with E-state index in [1.165, 1.54) is 6.42 Å². The van der Waals surface area contributed by atoms with Gasteiger partial charge in [-0.05, 0) is 17.8 Å². The quantitative estimate of drug-likeness (QED) is 0.539. The van der Waals surface area contributed by atoms with Crippen LogP contribution in [0.5, 0.6) is 0 Å². The van der Waals surface area contributed by atoms with Crippen LogP contribution in [0.3, 0.4) is 0 Å². The molecule has 0 nitrogen and oxygen atoms in total. The van der Waals surface area contributed by atoms with Crippen molar-refractivity contribution < 1.29 is 0 Å². The van der Waals surface area contributed by atoms with E-state index < -0.39 is 0 Å². The highest BCUT2D eigenvalue weighted by molar-refractivity contribution is 4.62. The maximum atomic E-state index is 3.00. The second-order valence-corrected chi connectivity index (χ2v) is 3.49. The molecular formula is C11H24. The summed E-state index contributed by atoms with van der Waals surface area (Å²) < 4.78 is 0. The number of hydrogen-bond donors (Lipinski definition) is 0. The fourth-order valence-electron chi connectivity index (χ4n) is 1.03. The van der Waals surface area contributed by atoms with Crippen molar-refractivity contribution >= 4 is 0 Å². The fourth-order valence-corrected chi connectivity index (χ4v) is 1.03. The average Bonchev–Trinajstić information content (AvgIpc) is 2.05. The van der Waals surface area contributed by atoms with E-state index in [0.29, 0.717) is 0 Å². The molecule has 0 amide bonds. The molecule has 0 heteroatoms. The molecule has 11 heavy (non-hydrogen) atoms. The van der Waals surface area contributed by atoms with E-state index in [9.17, 15) is 0 Å². The second kappa shape index (κ2) is 7.84. The molecule has 0 N–H and O–H groups in total. The van der Waals surface area contributed by atoms with Crippen LogP contribution in [0.15, 0.2) is 13.2 Å². The summed E-state index contributed by atoms with van der Waals surface area (Å²) in [4.78, 5) is 0. The Bertz CT molecular complexity index is 74.1. The lowest BCUT2D eigenvalue weighted by atomic mass is 9.85. The fraction of sp³-hybridized carbons (Fsp3) is 0.818. The van der Waals surface area contributed by atoms with Gasteiger partial charge in [-0.25, -0.2) is 0 Å². The minimum absolute atomic E-state index is 0.847. The summed E-state index contributed by atoms with van der Waals surface area (Å²) in [6.07, 6.45) is 1.32. The van der Waals surface area contributed by atoms with Crippen molar-refractivity contribution in [2.45, 2.75) is 41.0 Å². The standard InChI is InChI=1S/C9H20.C2H4/c1-6-8(4)9(5)7(2)3;1-2/h7-9H,6H2,1-5H3;1-2H2. The molecule has 0 aromatic carbocycles. The van der Waals surface area contributed by atoms with Crippen LogP contribution < -0.4 is 0 Å². The van der Waals surface area contributed by atoms with Crippen LogP contribution in [0.1, 0.15) is 41.0 Å². The van der Waals surface area contributed by atoms with Gasteiger partial charge in [-0.3, -0.25) is 0 Å². The molecule has 0 spiro atoms. The summed E-state index contributed by atoms with van der Waals surface area (Å²) >= 11 is 0. The smallest absolute Gasteiger partial charge is 0.0394 e. The van der Waals surface area contributed by atoms with Crippen molar-refractivity contribution in [3.63, 3.8) is 0 Å². The van der Waals surface area contributed by atoms with E-state index in [1.807, 2.05) is 0 Å². The Balaban J connectivity index is 0. The molecule has 0 saturated carbocycles. The van der Waals surface area contributed by atoms with Crippen molar-refractivity contribution in [3.05, 3.63) is 13.2 Å². The maximum Gasteiger partial charge on any atom is -0.0394 e. The van der Waals surface area contributed by atoms with Crippen LogP contribution in [0, 0.1) is 17.8 Å². The predicted molar refractivity (Wildman–Crippen MR) is 54.7 cm³/mol. The van der Waals surface area contributed by atoms with E-state index in [4.69, 9.17) is 0 Å². The zero-order chi connectivity index (χ0) is 9.44. The van der Waals surface area contributed by atoms with Crippen molar-refractivity contribution in [1.82, 2.24) is 0 Å². The molecule has 68 valence electrons. The van der Waals surface area contributed by atoms with E-state index in [0.717, 1.165) is 17.8 Å². The molecule has 0 radical (unpaired) electrons. The molecule has 0 aliphatic rings. The Morgan fingerprint density at radius 1 is 1.00 bits per heavy atom. The topological polar surface area (TPSA) is 0 Å². The van der Waals surface area contributed by atoms with Crippen LogP contribution in [0.4, 0.5) is 0 Å². The maximum absolute atomic E-state index is 3.00. The molecule has 0 aliphatic heterocycles. The molecule has 0 bridgehead atoms. The molecule has 0 heterocycles. The van der Waals surface area contributed by atoms with Crippen molar-refractivity contribution in [1.29, 1.82) is 0 Å². The van der Waals surface area contributed by atoms with Gasteiger partial charge in [-0.1, -0.05) is 41.0 Å². The Hall–Kier alpha value is -0.260. The Kier molecular flexibility index (Phi) is 9.51. The molecule has 0 aliphatic carbocycles. The third-order valence-electron chi connectivity index (χ3n) is 2.59. The monoisotopic (exact) mass is 156 g/mol. The van der Waals surface area contributed by atoms with Crippen molar-refractivity contribution in [3.8, 4) is 0 Å². The van der Waals surface area contributed by atoms with Gasteiger partial charge in [0.1, 0.15) is 0 Å². The predicted octanol–water partition coefficient (Wildman–Crippen LogP) is 4.13. The molecular weight excluding hydrogens is 132 g/mol. The first-order valence-corrected chi connectivity index (χ1v) is 4.59. The molecule has 0 aromatic rings. The van der Waals surface area contributed by atoms with Crippen LogP contribution in [0.25, 0.3) is 0 Å². The van der Waals surface area contributed by atoms with Gasteiger partial charge < -0.3 is 0 Å². The lowest BCUT2D eigenvalue weighted by Crippen LogP contribution is -2.12. The molecule has 0 fully saturated rings. The SMILES string of the molecule is C=C.CCC(C)C(C)C(C)C. The Morgan fingerprint density at radius 3 is 1.45 bits per heavy atom. The van der Waals surface area contributed by atoms with Crippen LogP contribution in [0.2, 0.25) is 0 Å². The van der Waals surface area contributed by atoms with Crippen molar-refractivity contribution in [2.75, 3.05) is 0 Å². The lowest BCUT2D eigenvalue weighted by molar-refractivity contribution is 0.289. The van der Waals surface area contributed by atoms with Crippen LogP contribution >= 0.6 is 0 Å². The van der Waals surface area contributed by atoms with Gasteiger partial charge in [0.2, 0.25) is 0 Å². The van der Waals surface area contributed by atoms with E-state index in [1.54, 1.807) is 0 Å². The first-order chi connectivity index (χ1) is 5.09. The minimum Gasteiger partial charge on any atom is -0.106 e. The van der Waals surface area contributed by atoms with E-state index in [-0.39, 0.29) is 0 Å². The van der Waals surface area contributed by atoms with Gasteiger partial charge in [0.25, 0.3) is 0 Å². The second-order valence-electron chi connectivity index (χ2n) is 3.49. The summed E-state index contributed by atoms with van der Waals surface area (Å²) in [6, 6.07) is 0. The van der Waals surface area contributed by atoms with Gasteiger partial charge in [0.15, 0.2) is 0 Å². The van der Waals surface area contributed by atoms with E-state index in [2.05, 4.69) is 47.8 Å². The number of rotatable bonds is 3. The zero-order valence-corrected chi connectivity index (χ0v) is 8.85. The molecule has 2 unspecified atom stereocenters. The first-order valence-electron chi connectivity index (χ1n) is 4.59. The van der Waals surface area contributed by atoms with Gasteiger partial charge in [0.05, 0.1) is 0 Å². The third kappa shape index (κ3) is 6.15. The Labute approximate surface area is 72.7 Å². The molecule has 0 rings (SSSR count). The van der Waals surface area contributed by atoms with Crippen LogP contribution in [-0.2, 0) is 0 Å². The van der Waals surface area contributed by atoms with E-state index >= 15 is 0 Å². The normalized spacial score (nSPS) is 15.1. The zero-order valence-electron chi connectivity index (χ0n) is 8.85. The summed E-state index contributed by atoms with van der Waals surface area (Å²) in [5.41, 5.74) is 0. The molecule has 0 saturated heterocycles. The minimum atomic E-state index is 0.847. The highest BCUT2D eigenvalue weighted by Gasteiger charge is 2.12. The van der Waals surface area contributed by atoms with Crippen LogP contribution in [-0.4, -0.2) is 0 Å². The van der Waals surface area contributed by atoms with Gasteiger partial charge in [-0.15, -0.1) is 13.2 Å². The summed E-state index contributed by atoms with van der Waals surface area (Å²) in [5, 5.41) is 0. The van der Waals surface area contributed by atoms with Gasteiger partial charge in [-0.2, -0.15) is 0 Å². The summed E-state index contributed by atoms with van der Waals surface area (Å²) in [7, 11) is 0. The van der Waals surface area contributed by atoms with Crippen molar-refractivity contribution in [2.24, 2.45) is 17.8 Å². The summed E-state index contributed by atoms with van der Waals surface area (Å²) in [5.74, 6) is 2.62.